The normalized spacial score (nSPS) is 17.8. The molecule has 2 atom stereocenters. The maximum Gasteiger partial charge on any atom is 0.347 e. The number of hydrogen-bond acceptors (Lipinski definition) is 8. The van der Waals surface area contributed by atoms with Crippen molar-refractivity contribution in [3.8, 4) is 0 Å². The van der Waals surface area contributed by atoms with Gasteiger partial charge in [0.25, 0.3) is 0 Å². The summed E-state index contributed by atoms with van der Waals surface area (Å²) in [6.45, 7) is 0. The second kappa shape index (κ2) is 7.75. The summed E-state index contributed by atoms with van der Waals surface area (Å²) >= 11 is 7.64. The van der Waals surface area contributed by atoms with Crippen LogP contribution in [0.2, 0.25) is 0 Å². The monoisotopic (exact) mass is 334 g/mol. The fourth-order valence-electron chi connectivity index (χ4n) is 0.809. The van der Waals surface area contributed by atoms with Crippen LogP contribution in [0, 0.1) is 0 Å². The molecule has 10 heteroatoms. The fourth-order valence-corrected chi connectivity index (χ4v) is 4.30. The van der Waals surface area contributed by atoms with Gasteiger partial charge in [0.05, 0.1) is 0 Å². The Labute approximate surface area is 123 Å². The molecule has 0 aromatic heterocycles. The minimum atomic E-state index is -2.19. The Morgan fingerprint density at radius 2 is 1.17 bits per heavy atom. The third-order valence-electron chi connectivity index (χ3n) is 1.89. The van der Waals surface area contributed by atoms with Gasteiger partial charge >= 0.3 is 11.9 Å². The summed E-state index contributed by atoms with van der Waals surface area (Å²) < 4.78 is 0. The van der Waals surface area contributed by atoms with Gasteiger partial charge < -0.3 is 20.4 Å². The molecule has 0 fully saturated rings. The van der Waals surface area contributed by atoms with Gasteiger partial charge in [0, 0.05) is 12.8 Å². The largest absolute Gasteiger partial charge is 0.478 e. The van der Waals surface area contributed by atoms with Gasteiger partial charge in [-0.3, -0.25) is 0 Å². The lowest BCUT2D eigenvalue weighted by Gasteiger charge is -2.26. The van der Waals surface area contributed by atoms with E-state index in [2.05, 4.69) is 25.3 Å². The van der Waals surface area contributed by atoms with Gasteiger partial charge in [0.2, 0.25) is 9.87 Å². The number of aliphatic carboxylic acids is 2. The summed E-state index contributed by atoms with van der Waals surface area (Å²) in [5.41, 5.74) is 0. The minimum Gasteiger partial charge on any atom is -0.478 e. The van der Waals surface area contributed by atoms with Crippen molar-refractivity contribution in [2.75, 3.05) is 11.5 Å². The number of thiol groups is 2. The van der Waals surface area contributed by atoms with Crippen LogP contribution in [0.25, 0.3) is 0 Å². The second-order valence-corrected chi connectivity index (χ2v) is 6.87. The van der Waals surface area contributed by atoms with E-state index in [9.17, 15) is 19.8 Å². The van der Waals surface area contributed by atoms with E-state index in [4.69, 9.17) is 10.2 Å². The van der Waals surface area contributed by atoms with Crippen LogP contribution < -0.4 is 0 Å². The molecule has 18 heavy (non-hydrogen) atoms. The van der Waals surface area contributed by atoms with Crippen molar-refractivity contribution in [3.05, 3.63) is 0 Å². The molecule has 0 rings (SSSR count). The van der Waals surface area contributed by atoms with Gasteiger partial charge in [-0.2, -0.15) is 25.3 Å². The van der Waals surface area contributed by atoms with Gasteiger partial charge in [-0.25, -0.2) is 9.59 Å². The topological polar surface area (TPSA) is 115 Å². The van der Waals surface area contributed by atoms with Crippen molar-refractivity contribution in [2.24, 2.45) is 0 Å². The zero-order valence-corrected chi connectivity index (χ0v) is 12.6. The predicted octanol–water partition coefficient (Wildman–Crippen LogP) is 0.554. The van der Waals surface area contributed by atoms with Crippen molar-refractivity contribution in [1.29, 1.82) is 0 Å². The first-order valence-electron chi connectivity index (χ1n) is 4.72. The number of aliphatic hydroxyl groups is 2. The van der Waals surface area contributed by atoms with Crippen LogP contribution in [0.1, 0.15) is 12.8 Å². The molecule has 0 radical (unpaired) electrons. The number of hydrogen-bond donors (Lipinski definition) is 6. The Kier molecular flexibility index (Phi) is 7.87. The first-order valence-corrected chi connectivity index (χ1v) is 8.13. The third-order valence-corrected chi connectivity index (χ3v) is 5.63. The average molecular weight is 334 g/mol. The van der Waals surface area contributed by atoms with E-state index < -0.39 is 21.8 Å². The highest BCUT2D eigenvalue weighted by Gasteiger charge is 2.43. The first-order chi connectivity index (χ1) is 8.22. The van der Waals surface area contributed by atoms with Crippen LogP contribution in [0.3, 0.4) is 0 Å². The van der Waals surface area contributed by atoms with E-state index in [0.29, 0.717) is 21.6 Å². The Bertz CT molecular complexity index is 284. The van der Waals surface area contributed by atoms with Crippen molar-refractivity contribution in [3.63, 3.8) is 0 Å². The number of rotatable bonds is 9. The van der Waals surface area contributed by atoms with Crippen molar-refractivity contribution in [1.82, 2.24) is 0 Å². The molecular weight excluding hydrogens is 320 g/mol. The maximum absolute atomic E-state index is 10.9. The van der Waals surface area contributed by atoms with Crippen molar-refractivity contribution >= 4 is 58.8 Å². The molecule has 106 valence electrons. The van der Waals surface area contributed by atoms with Crippen LogP contribution in [0.5, 0.6) is 0 Å². The lowest BCUT2D eigenvalue weighted by atomic mass is 10.3. The highest BCUT2D eigenvalue weighted by atomic mass is 33.1. The highest BCUT2D eigenvalue weighted by molar-refractivity contribution is 8.77. The summed E-state index contributed by atoms with van der Waals surface area (Å²) in [5.74, 6) is -2.80. The molecule has 0 aliphatic carbocycles. The molecule has 4 N–H and O–H groups in total. The Morgan fingerprint density at radius 3 is 1.33 bits per heavy atom. The van der Waals surface area contributed by atoms with E-state index in [0.717, 1.165) is 0 Å². The van der Waals surface area contributed by atoms with Crippen LogP contribution in [0.15, 0.2) is 0 Å². The number of carboxylic acid groups (broad SMARTS) is 2. The van der Waals surface area contributed by atoms with Crippen LogP contribution in [0.4, 0.5) is 0 Å². The van der Waals surface area contributed by atoms with E-state index in [1.165, 1.54) is 0 Å². The smallest absolute Gasteiger partial charge is 0.347 e. The van der Waals surface area contributed by atoms with Gasteiger partial charge in [0.15, 0.2) is 0 Å². The maximum atomic E-state index is 10.9. The number of carbonyl (C=O) groups is 2. The molecule has 0 saturated carbocycles. The molecule has 0 spiro atoms. The number of carboxylic acids is 2. The van der Waals surface area contributed by atoms with Gasteiger partial charge in [-0.05, 0) is 33.1 Å². The third kappa shape index (κ3) is 5.10. The van der Waals surface area contributed by atoms with Gasteiger partial charge in [-0.15, -0.1) is 0 Å². The standard InChI is InChI=1S/C8H14O6S4/c9-5(10)7(13,1-3-15)17-18-8(14,2-4-16)6(11)12/h13-16H,1-4H2,(H,9,10)(H,11,12). The Morgan fingerprint density at radius 1 is 0.889 bits per heavy atom. The summed E-state index contributed by atoms with van der Waals surface area (Å²) in [6.07, 6.45) is -0.362. The quantitative estimate of drug-likeness (QED) is 0.206. The molecule has 0 aliphatic rings. The van der Waals surface area contributed by atoms with E-state index in [1.54, 1.807) is 0 Å². The average Bonchev–Trinajstić information content (AvgIpc) is 2.27. The molecule has 0 amide bonds. The molecule has 0 aromatic carbocycles. The van der Waals surface area contributed by atoms with E-state index in [1.807, 2.05) is 0 Å². The molecular formula is C8H14O6S4. The van der Waals surface area contributed by atoms with Crippen LogP contribution in [-0.4, -0.2) is 53.7 Å². The lowest BCUT2D eigenvalue weighted by molar-refractivity contribution is -0.150. The van der Waals surface area contributed by atoms with Crippen molar-refractivity contribution in [2.45, 2.75) is 22.7 Å². The zero-order chi connectivity index (χ0) is 14.4. The second-order valence-electron chi connectivity index (χ2n) is 3.29. The molecule has 0 saturated heterocycles. The van der Waals surface area contributed by atoms with E-state index >= 15 is 0 Å². The summed E-state index contributed by atoms with van der Waals surface area (Å²) in [6, 6.07) is 0. The Balaban J connectivity index is 4.77. The summed E-state index contributed by atoms with van der Waals surface area (Å²) in [7, 11) is 0.782. The van der Waals surface area contributed by atoms with Crippen LogP contribution in [-0.2, 0) is 9.59 Å². The molecule has 0 aromatic rings. The van der Waals surface area contributed by atoms with Crippen molar-refractivity contribution < 1.29 is 30.0 Å². The van der Waals surface area contributed by atoms with Gasteiger partial charge in [-0.1, -0.05) is 0 Å². The van der Waals surface area contributed by atoms with Crippen LogP contribution >= 0.6 is 46.8 Å². The zero-order valence-electron chi connectivity index (χ0n) is 9.14. The highest BCUT2D eigenvalue weighted by Crippen LogP contribution is 2.45. The predicted molar refractivity (Wildman–Crippen MR) is 77.3 cm³/mol. The fraction of sp³-hybridized carbons (Fsp3) is 0.750. The summed E-state index contributed by atoms with van der Waals surface area (Å²) in [5, 5.41) is 37.3. The molecule has 0 bridgehead atoms. The minimum absolute atomic E-state index is 0.106. The van der Waals surface area contributed by atoms with E-state index in [-0.39, 0.29) is 24.3 Å². The Hall–Kier alpha value is 0.260. The van der Waals surface area contributed by atoms with Gasteiger partial charge in [0.1, 0.15) is 0 Å². The lowest BCUT2D eigenvalue weighted by Crippen LogP contribution is -2.39. The first kappa shape index (κ1) is 18.3. The molecule has 6 nitrogen and oxygen atoms in total. The SMILES string of the molecule is O=C(O)C(O)(CCS)SSC(O)(CCS)C(=O)O. The molecule has 2 unspecified atom stereocenters. The molecule has 0 aliphatic heterocycles. The molecule has 0 heterocycles. The summed E-state index contributed by atoms with van der Waals surface area (Å²) in [4.78, 5) is 17.4.